The standard InChI is InChI=1S/C12H10N4O4/c17-11-4-3-8(6-10(11)16(19)20)7-14-15-12(18)9-2-1-5-13-9/h1-7,13,17H,(H,15,18)/b14-7+. The molecule has 1 aromatic carbocycles. The summed E-state index contributed by atoms with van der Waals surface area (Å²) in [4.78, 5) is 24.2. The number of nitro groups is 1. The van der Waals surface area contributed by atoms with E-state index in [0.717, 1.165) is 6.07 Å². The van der Waals surface area contributed by atoms with E-state index in [1.807, 2.05) is 0 Å². The number of carbonyl (C=O) groups is 1. The Kier molecular flexibility index (Phi) is 3.75. The van der Waals surface area contributed by atoms with Gasteiger partial charge in [-0.05, 0) is 24.3 Å². The highest BCUT2D eigenvalue weighted by Gasteiger charge is 2.12. The van der Waals surface area contributed by atoms with Gasteiger partial charge in [0.1, 0.15) is 5.69 Å². The van der Waals surface area contributed by atoms with Crippen LogP contribution in [0.25, 0.3) is 0 Å². The first-order valence-corrected chi connectivity index (χ1v) is 5.52. The van der Waals surface area contributed by atoms with Crippen LogP contribution in [0.15, 0.2) is 41.6 Å². The number of hydrogen-bond donors (Lipinski definition) is 3. The molecule has 20 heavy (non-hydrogen) atoms. The molecule has 3 N–H and O–H groups in total. The maximum Gasteiger partial charge on any atom is 0.311 e. The van der Waals surface area contributed by atoms with Crippen molar-refractivity contribution in [3.05, 3.63) is 57.9 Å². The van der Waals surface area contributed by atoms with Gasteiger partial charge in [-0.25, -0.2) is 5.43 Å². The lowest BCUT2D eigenvalue weighted by atomic mass is 10.2. The Balaban J connectivity index is 2.07. The summed E-state index contributed by atoms with van der Waals surface area (Å²) < 4.78 is 0. The molecule has 0 aliphatic rings. The second-order valence-electron chi connectivity index (χ2n) is 3.79. The van der Waals surface area contributed by atoms with Gasteiger partial charge in [0.05, 0.1) is 11.1 Å². The molecule has 1 heterocycles. The van der Waals surface area contributed by atoms with Crippen molar-refractivity contribution in [1.29, 1.82) is 0 Å². The predicted molar refractivity (Wildman–Crippen MR) is 70.6 cm³/mol. The molecule has 0 aliphatic carbocycles. The van der Waals surface area contributed by atoms with Crippen LogP contribution in [0.4, 0.5) is 5.69 Å². The molecular weight excluding hydrogens is 264 g/mol. The van der Waals surface area contributed by atoms with Gasteiger partial charge in [0.15, 0.2) is 5.75 Å². The van der Waals surface area contributed by atoms with E-state index in [1.54, 1.807) is 18.3 Å². The van der Waals surface area contributed by atoms with Gasteiger partial charge >= 0.3 is 5.69 Å². The Morgan fingerprint density at radius 2 is 2.25 bits per heavy atom. The molecule has 1 aromatic heterocycles. The molecule has 0 fully saturated rings. The third-order valence-electron chi connectivity index (χ3n) is 2.42. The zero-order valence-electron chi connectivity index (χ0n) is 10.1. The molecule has 1 amide bonds. The number of nitrogens with one attached hydrogen (secondary N) is 2. The van der Waals surface area contributed by atoms with E-state index >= 15 is 0 Å². The topological polar surface area (TPSA) is 121 Å². The van der Waals surface area contributed by atoms with Crippen molar-refractivity contribution in [3.8, 4) is 5.75 Å². The summed E-state index contributed by atoms with van der Waals surface area (Å²) in [6, 6.07) is 7.02. The summed E-state index contributed by atoms with van der Waals surface area (Å²) in [7, 11) is 0. The van der Waals surface area contributed by atoms with Crippen LogP contribution in [0, 0.1) is 10.1 Å². The molecule has 0 unspecified atom stereocenters. The highest BCUT2D eigenvalue weighted by atomic mass is 16.6. The van der Waals surface area contributed by atoms with Crippen LogP contribution >= 0.6 is 0 Å². The van der Waals surface area contributed by atoms with Crippen molar-refractivity contribution in [2.45, 2.75) is 0 Å². The van der Waals surface area contributed by atoms with E-state index in [1.165, 1.54) is 18.3 Å². The van der Waals surface area contributed by atoms with Gasteiger partial charge in [-0.15, -0.1) is 0 Å². The van der Waals surface area contributed by atoms with Crippen LogP contribution in [-0.2, 0) is 0 Å². The number of aromatic hydroxyl groups is 1. The Hall–Kier alpha value is -3.16. The Morgan fingerprint density at radius 1 is 1.45 bits per heavy atom. The number of H-pyrrole nitrogens is 1. The van der Waals surface area contributed by atoms with Gasteiger partial charge in [0.25, 0.3) is 5.91 Å². The first kappa shape index (κ1) is 13.3. The number of phenolic OH excluding ortho intramolecular Hbond substituents is 1. The van der Waals surface area contributed by atoms with Crippen molar-refractivity contribution >= 4 is 17.8 Å². The van der Waals surface area contributed by atoms with Gasteiger partial charge in [-0.3, -0.25) is 14.9 Å². The van der Waals surface area contributed by atoms with Crippen molar-refractivity contribution < 1.29 is 14.8 Å². The number of hydrogen-bond acceptors (Lipinski definition) is 5. The summed E-state index contributed by atoms with van der Waals surface area (Å²) in [5, 5.41) is 23.6. The number of aromatic amines is 1. The van der Waals surface area contributed by atoms with Crippen molar-refractivity contribution in [2.75, 3.05) is 0 Å². The number of phenols is 1. The smallest absolute Gasteiger partial charge is 0.311 e. The second kappa shape index (κ2) is 5.65. The minimum Gasteiger partial charge on any atom is -0.502 e. The molecule has 0 aliphatic heterocycles. The predicted octanol–water partition coefficient (Wildman–Crippen LogP) is 1.39. The van der Waals surface area contributed by atoms with E-state index in [9.17, 15) is 20.0 Å². The van der Waals surface area contributed by atoms with Crippen molar-refractivity contribution in [1.82, 2.24) is 10.4 Å². The SMILES string of the molecule is O=C(N/N=C/c1ccc(O)c([N+](=O)[O-])c1)c1ccc[nH]1. The molecule has 0 saturated heterocycles. The molecular formula is C12H10N4O4. The fraction of sp³-hybridized carbons (Fsp3) is 0. The molecule has 0 spiro atoms. The summed E-state index contributed by atoms with van der Waals surface area (Å²) in [5.74, 6) is -0.859. The maximum absolute atomic E-state index is 11.5. The van der Waals surface area contributed by atoms with Crippen LogP contribution in [0.3, 0.4) is 0 Å². The largest absolute Gasteiger partial charge is 0.502 e. The van der Waals surface area contributed by atoms with Crippen LogP contribution in [0.1, 0.15) is 16.1 Å². The second-order valence-corrected chi connectivity index (χ2v) is 3.79. The molecule has 0 atom stereocenters. The van der Waals surface area contributed by atoms with Crippen LogP contribution in [0.2, 0.25) is 0 Å². The number of benzene rings is 1. The van der Waals surface area contributed by atoms with Crippen molar-refractivity contribution in [3.63, 3.8) is 0 Å². The summed E-state index contributed by atoms with van der Waals surface area (Å²) >= 11 is 0. The highest BCUT2D eigenvalue weighted by molar-refractivity contribution is 5.93. The Bertz CT molecular complexity index is 664. The Labute approximate surface area is 112 Å². The lowest BCUT2D eigenvalue weighted by molar-refractivity contribution is -0.385. The lowest BCUT2D eigenvalue weighted by Crippen LogP contribution is -2.17. The van der Waals surface area contributed by atoms with Gasteiger partial charge in [-0.1, -0.05) is 0 Å². The van der Waals surface area contributed by atoms with Crippen molar-refractivity contribution in [2.24, 2.45) is 5.10 Å². The fourth-order valence-electron chi connectivity index (χ4n) is 1.46. The first-order chi connectivity index (χ1) is 9.58. The molecule has 8 heteroatoms. The average Bonchev–Trinajstić information content (AvgIpc) is 2.94. The number of aromatic nitrogens is 1. The number of nitro benzene ring substituents is 1. The minimum absolute atomic E-state index is 0.346. The van der Waals surface area contributed by atoms with Crippen LogP contribution in [0.5, 0.6) is 5.75 Å². The number of nitrogens with zero attached hydrogens (tertiary/aromatic N) is 2. The van der Waals surface area contributed by atoms with Gasteiger partial charge in [-0.2, -0.15) is 5.10 Å². The van der Waals surface area contributed by atoms with Crippen LogP contribution in [-0.4, -0.2) is 27.1 Å². The number of amides is 1. The molecule has 2 rings (SSSR count). The number of hydrazone groups is 1. The third-order valence-corrected chi connectivity index (χ3v) is 2.42. The van der Waals surface area contributed by atoms with Gasteiger partial charge < -0.3 is 10.1 Å². The maximum atomic E-state index is 11.5. The molecule has 0 saturated carbocycles. The quantitative estimate of drug-likeness (QED) is 0.443. The normalized spacial score (nSPS) is 10.6. The van der Waals surface area contributed by atoms with E-state index in [-0.39, 0.29) is 0 Å². The summed E-state index contributed by atoms with van der Waals surface area (Å²) in [5.41, 5.74) is 2.56. The first-order valence-electron chi connectivity index (χ1n) is 5.52. The average molecular weight is 274 g/mol. The van der Waals surface area contributed by atoms with Crippen LogP contribution < -0.4 is 5.43 Å². The number of rotatable bonds is 4. The molecule has 0 bridgehead atoms. The molecule has 0 radical (unpaired) electrons. The van der Waals surface area contributed by atoms with Gasteiger partial charge in [0, 0.05) is 17.8 Å². The van der Waals surface area contributed by atoms with E-state index < -0.39 is 22.3 Å². The monoisotopic (exact) mass is 274 g/mol. The minimum atomic E-state index is -0.704. The molecule has 8 nitrogen and oxygen atoms in total. The van der Waals surface area contributed by atoms with E-state index in [2.05, 4.69) is 15.5 Å². The highest BCUT2D eigenvalue weighted by Crippen LogP contribution is 2.25. The third kappa shape index (κ3) is 2.99. The zero-order chi connectivity index (χ0) is 14.5. The van der Waals surface area contributed by atoms with E-state index in [0.29, 0.717) is 11.3 Å². The Morgan fingerprint density at radius 3 is 2.90 bits per heavy atom. The summed E-state index contributed by atoms with van der Waals surface area (Å²) in [6.45, 7) is 0. The molecule has 2 aromatic rings. The number of carbonyl (C=O) groups excluding carboxylic acids is 1. The summed E-state index contributed by atoms with van der Waals surface area (Å²) in [6.07, 6.45) is 2.84. The molecule has 102 valence electrons. The lowest BCUT2D eigenvalue weighted by Gasteiger charge is -1.98. The fourth-order valence-corrected chi connectivity index (χ4v) is 1.46. The van der Waals surface area contributed by atoms with Gasteiger partial charge in [0.2, 0.25) is 0 Å². The zero-order valence-corrected chi connectivity index (χ0v) is 10.1. The van der Waals surface area contributed by atoms with E-state index in [4.69, 9.17) is 0 Å².